The molecule has 1 aliphatic rings. The first-order valence-corrected chi connectivity index (χ1v) is 11.9. The molecule has 2 aromatic carbocycles. The molecule has 0 unspecified atom stereocenters. The fourth-order valence-corrected chi connectivity index (χ4v) is 4.69. The van der Waals surface area contributed by atoms with Gasteiger partial charge in [0.25, 0.3) is 5.91 Å². The molecule has 35 heavy (non-hydrogen) atoms. The molecule has 8 nitrogen and oxygen atoms in total. The molecule has 2 heterocycles. The van der Waals surface area contributed by atoms with Crippen molar-refractivity contribution in [2.24, 2.45) is 4.99 Å². The van der Waals surface area contributed by atoms with E-state index in [0.717, 1.165) is 41.8 Å². The van der Waals surface area contributed by atoms with Crippen LogP contribution < -0.4 is 14.8 Å². The molecule has 1 aromatic heterocycles. The molecule has 1 aliphatic heterocycles. The Labute approximate surface area is 214 Å². The van der Waals surface area contributed by atoms with Crippen molar-refractivity contribution in [2.45, 2.75) is 19.4 Å². The molecule has 0 aliphatic carbocycles. The lowest BCUT2D eigenvalue weighted by molar-refractivity contribution is 0.0972. The first kappa shape index (κ1) is 25.0. The third-order valence-electron chi connectivity index (χ3n) is 5.78. The average molecular weight is 516 g/mol. The summed E-state index contributed by atoms with van der Waals surface area (Å²) in [5.41, 5.74) is 4.46. The van der Waals surface area contributed by atoms with E-state index in [-0.39, 0.29) is 5.91 Å². The monoisotopic (exact) mass is 515 g/mol. The van der Waals surface area contributed by atoms with Crippen molar-refractivity contribution in [3.63, 3.8) is 0 Å². The van der Waals surface area contributed by atoms with Gasteiger partial charge in [0.1, 0.15) is 17.3 Å². The number of nitrogens with one attached hydrogen (secondary N) is 2. The van der Waals surface area contributed by atoms with E-state index in [9.17, 15) is 4.79 Å². The van der Waals surface area contributed by atoms with Crippen LogP contribution in [0.5, 0.6) is 11.5 Å². The number of carbonyl (C=O) groups excluding carboxylic acids is 1. The Morgan fingerprint density at radius 2 is 1.83 bits per heavy atom. The zero-order valence-corrected chi connectivity index (χ0v) is 21.5. The van der Waals surface area contributed by atoms with E-state index < -0.39 is 0 Å². The van der Waals surface area contributed by atoms with Crippen LogP contribution in [0, 0.1) is 0 Å². The van der Waals surface area contributed by atoms with Gasteiger partial charge in [-0.25, -0.2) is 0 Å². The lowest BCUT2D eigenvalue weighted by Gasteiger charge is -2.15. The first-order valence-electron chi connectivity index (χ1n) is 11.1. The van der Waals surface area contributed by atoms with E-state index in [2.05, 4.69) is 25.4 Å². The predicted octanol–water partition coefficient (Wildman–Crippen LogP) is 4.59. The Morgan fingerprint density at radius 3 is 2.49 bits per heavy atom. The van der Waals surface area contributed by atoms with Crippen molar-refractivity contribution in [3.8, 4) is 22.6 Å². The highest BCUT2D eigenvalue weighted by Crippen LogP contribution is 2.46. The topological polar surface area (TPSA) is 91.8 Å². The van der Waals surface area contributed by atoms with E-state index in [1.807, 2.05) is 32.3 Å². The van der Waals surface area contributed by atoms with Gasteiger partial charge in [0.05, 0.1) is 30.8 Å². The summed E-state index contributed by atoms with van der Waals surface area (Å²) in [4.78, 5) is 19.4. The van der Waals surface area contributed by atoms with Crippen molar-refractivity contribution >= 4 is 34.9 Å². The Balaban J connectivity index is 1.51. The van der Waals surface area contributed by atoms with Crippen LogP contribution in [-0.4, -0.2) is 61.7 Å². The van der Waals surface area contributed by atoms with Crippen LogP contribution in [0.4, 0.5) is 0 Å². The summed E-state index contributed by atoms with van der Waals surface area (Å²) in [6, 6.07) is 9.18. The van der Waals surface area contributed by atoms with E-state index in [1.165, 1.54) is 14.2 Å². The van der Waals surface area contributed by atoms with E-state index in [4.69, 9.17) is 32.7 Å². The molecule has 1 amide bonds. The van der Waals surface area contributed by atoms with Crippen molar-refractivity contribution in [1.82, 2.24) is 20.4 Å². The van der Waals surface area contributed by atoms with Gasteiger partial charge in [-0.1, -0.05) is 35.3 Å². The second-order valence-electron chi connectivity index (χ2n) is 8.46. The zero-order valence-electron chi connectivity index (χ0n) is 20.0. The highest BCUT2D eigenvalue weighted by atomic mass is 35.5. The normalized spacial score (nSPS) is 12.5. The second kappa shape index (κ2) is 10.7. The van der Waals surface area contributed by atoms with Gasteiger partial charge in [-0.05, 0) is 56.7 Å². The summed E-state index contributed by atoms with van der Waals surface area (Å²) in [6.07, 6.45) is 1.80. The van der Waals surface area contributed by atoms with Gasteiger partial charge in [-0.3, -0.25) is 14.9 Å². The van der Waals surface area contributed by atoms with Crippen LogP contribution in [0.2, 0.25) is 10.0 Å². The molecule has 0 radical (unpaired) electrons. The fraction of sp³-hybridized carbons (Fsp3) is 0.320. The Bertz CT molecular complexity index is 1260. The van der Waals surface area contributed by atoms with Crippen molar-refractivity contribution in [2.75, 3.05) is 34.9 Å². The molecule has 10 heteroatoms. The maximum absolute atomic E-state index is 12.8. The molecule has 0 spiro atoms. The number of aromatic nitrogens is 2. The molecule has 4 rings (SSSR count). The SMILES string of the molecule is COc1cc(OC)c(Cl)c(-c2ccc3c(c2)CN=C3NC(=O)c2cc(CCCN(C)C)[nH]n2)c1Cl. The molecule has 184 valence electrons. The van der Waals surface area contributed by atoms with Gasteiger partial charge < -0.3 is 19.7 Å². The minimum atomic E-state index is -0.306. The zero-order chi connectivity index (χ0) is 25.1. The Hall–Kier alpha value is -3.07. The number of aliphatic imine (C=N–C) groups is 1. The smallest absolute Gasteiger partial charge is 0.277 e. The number of benzene rings is 2. The number of ether oxygens (including phenoxy) is 2. The summed E-state index contributed by atoms with van der Waals surface area (Å²) < 4.78 is 10.8. The standard InChI is InChI=1S/C25H27Cl2N5O3/c1-32(2)9-5-6-16-11-18(31-30-16)25(33)29-24-17-8-7-14(10-15(17)13-28-24)21-22(26)19(34-3)12-20(35-4)23(21)27/h7-8,10-12H,5-6,9,13H2,1-4H3,(H,30,31)(H,28,29,33). The second-order valence-corrected chi connectivity index (χ2v) is 9.22. The molecule has 3 aromatic rings. The van der Waals surface area contributed by atoms with Crippen LogP contribution in [0.25, 0.3) is 11.1 Å². The number of amides is 1. The quantitative estimate of drug-likeness (QED) is 0.457. The number of H-pyrrole nitrogens is 1. The average Bonchev–Trinajstić information content (AvgIpc) is 3.46. The summed E-state index contributed by atoms with van der Waals surface area (Å²) in [5, 5.41) is 10.8. The summed E-state index contributed by atoms with van der Waals surface area (Å²) in [7, 11) is 7.14. The Kier molecular flexibility index (Phi) is 7.64. The largest absolute Gasteiger partial charge is 0.495 e. The summed E-state index contributed by atoms with van der Waals surface area (Å²) in [5.74, 6) is 1.13. The van der Waals surface area contributed by atoms with E-state index in [0.29, 0.717) is 45.2 Å². The number of hydrogen-bond acceptors (Lipinski definition) is 6. The van der Waals surface area contributed by atoms with E-state index in [1.54, 1.807) is 12.1 Å². The number of rotatable bonds is 8. The lowest BCUT2D eigenvalue weighted by atomic mass is 9.99. The maximum atomic E-state index is 12.8. The van der Waals surface area contributed by atoms with E-state index >= 15 is 0 Å². The minimum absolute atomic E-state index is 0.306. The molecular weight excluding hydrogens is 489 g/mol. The van der Waals surface area contributed by atoms with Crippen molar-refractivity contribution in [1.29, 1.82) is 0 Å². The maximum Gasteiger partial charge on any atom is 0.277 e. The van der Waals surface area contributed by atoms with Gasteiger partial charge in [-0.15, -0.1) is 0 Å². The van der Waals surface area contributed by atoms with Crippen LogP contribution in [-0.2, 0) is 13.0 Å². The molecule has 2 N–H and O–H groups in total. The number of hydrogen-bond donors (Lipinski definition) is 2. The molecule has 0 fully saturated rings. The van der Waals surface area contributed by atoms with Crippen LogP contribution >= 0.6 is 23.2 Å². The number of halogens is 2. The van der Waals surface area contributed by atoms with Crippen molar-refractivity contribution < 1.29 is 14.3 Å². The lowest BCUT2D eigenvalue weighted by Crippen LogP contribution is -2.30. The van der Waals surface area contributed by atoms with Gasteiger partial charge >= 0.3 is 0 Å². The van der Waals surface area contributed by atoms with Crippen LogP contribution in [0.1, 0.15) is 33.7 Å². The highest BCUT2D eigenvalue weighted by Gasteiger charge is 2.23. The van der Waals surface area contributed by atoms with Gasteiger partial charge in [-0.2, -0.15) is 5.10 Å². The molecule has 0 bridgehead atoms. The third kappa shape index (κ3) is 5.29. The van der Waals surface area contributed by atoms with Crippen LogP contribution in [0.3, 0.4) is 0 Å². The number of nitrogens with zero attached hydrogens (tertiary/aromatic N) is 3. The summed E-state index contributed by atoms with van der Waals surface area (Å²) >= 11 is 13.2. The Morgan fingerprint density at radius 1 is 1.11 bits per heavy atom. The van der Waals surface area contributed by atoms with Crippen LogP contribution in [0.15, 0.2) is 35.3 Å². The number of aryl methyl sites for hydroxylation is 1. The third-order valence-corrected chi connectivity index (χ3v) is 6.53. The molecule has 0 saturated heterocycles. The highest BCUT2D eigenvalue weighted by molar-refractivity contribution is 6.41. The van der Waals surface area contributed by atoms with Crippen molar-refractivity contribution in [3.05, 3.63) is 62.9 Å². The fourth-order valence-electron chi connectivity index (χ4n) is 3.97. The number of fused-ring (bicyclic) bond motifs is 1. The number of carbonyl (C=O) groups is 1. The molecule has 0 atom stereocenters. The minimum Gasteiger partial charge on any atom is -0.495 e. The first-order chi connectivity index (χ1) is 16.8. The molecule has 0 saturated carbocycles. The number of methoxy groups -OCH3 is 2. The van der Waals surface area contributed by atoms with Gasteiger partial charge in [0.15, 0.2) is 5.69 Å². The predicted molar refractivity (Wildman–Crippen MR) is 138 cm³/mol. The molecular formula is C25H27Cl2N5O3. The van der Waals surface area contributed by atoms with Gasteiger partial charge in [0, 0.05) is 22.9 Å². The van der Waals surface area contributed by atoms with Gasteiger partial charge in [0.2, 0.25) is 0 Å². The summed E-state index contributed by atoms with van der Waals surface area (Å²) in [6.45, 7) is 1.39. The number of aromatic amines is 1. The number of amidine groups is 1.